The van der Waals surface area contributed by atoms with Crippen LogP contribution in [0, 0.1) is 5.92 Å². The zero-order valence-electron chi connectivity index (χ0n) is 8.21. The fraction of sp³-hybridized carbons (Fsp3) is 1.00. The van der Waals surface area contributed by atoms with E-state index >= 15 is 0 Å². The molecule has 12 heavy (non-hydrogen) atoms. The molecule has 0 amide bonds. The van der Waals surface area contributed by atoms with Crippen LogP contribution in [0.2, 0.25) is 0 Å². The highest BCUT2D eigenvalue weighted by molar-refractivity contribution is 5.05. The first-order valence-electron chi connectivity index (χ1n) is 5.11. The van der Waals surface area contributed by atoms with Crippen molar-refractivity contribution in [3.63, 3.8) is 0 Å². The highest BCUT2D eigenvalue weighted by Crippen LogP contribution is 2.45. The largest absolute Gasteiger partial charge is 0.329 e. The first-order chi connectivity index (χ1) is 5.68. The van der Waals surface area contributed by atoms with E-state index in [0.29, 0.717) is 5.54 Å². The van der Waals surface area contributed by atoms with Crippen molar-refractivity contribution in [3.8, 4) is 0 Å². The Kier molecular flexibility index (Phi) is 1.92. The van der Waals surface area contributed by atoms with Gasteiger partial charge >= 0.3 is 0 Å². The molecule has 0 spiro atoms. The van der Waals surface area contributed by atoms with Crippen molar-refractivity contribution in [1.82, 2.24) is 4.90 Å². The lowest BCUT2D eigenvalue weighted by molar-refractivity contribution is 0.000150. The number of hydrogen-bond donors (Lipinski definition) is 1. The summed E-state index contributed by atoms with van der Waals surface area (Å²) < 4.78 is 0. The highest BCUT2D eigenvalue weighted by Gasteiger charge is 2.48. The van der Waals surface area contributed by atoms with Gasteiger partial charge in [-0.1, -0.05) is 6.92 Å². The van der Waals surface area contributed by atoms with Crippen molar-refractivity contribution in [1.29, 1.82) is 0 Å². The van der Waals surface area contributed by atoms with Gasteiger partial charge in [0, 0.05) is 18.1 Å². The summed E-state index contributed by atoms with van der Waals surface area (Å²) in [7, 11) is 2.26. The van der Waals surface area contributed by atoms with Crippen molar-refractivity contribution < 1.29 is 0 Å². The summed E-state index contributed by atoms with van der Waals surface area (Å²) in [6, 6.07) is 0.862. The van der Waals surface area contributed by atoms with Crippen LogP contribution >= 0.6 is 0 Å². The molecule has 0 unspecified atom stereocenters. The van der Waals surface area contributed by atoms with Crippen molar-refractivity contribution in [2.24, 2.45) is 11.7 Å². The SMILES string of the molecule is CC1CC(CN)(N(C)C2CC2)C1. The van der Waals surface area contributed by atoms with E-state index in [9.17, 15) is 0 Å². The molecule has 2 nitrogen and oxygen atoms in total. The molecule has 2 aliphatic rings. The Labute approximate surface area is 75.1 Å². The molecule has 0 bridgehead atoms. The Morgan fingerprint density at radius 3 is 2.33 bits per heavy atom. The summed E-state index contributed by atoms with van der Waals surface area (Å²) in [5, 5.41) is 0. The minimum absolute atomic E-state index is 0.389. The average molecular weight is 168 g/mol. The molecule has 2 heteroatoms. The molecule has 2 fully saturated rings. The van der Waals surface area contributed by atoms with Crippen LogP contribution in [0.5, 0.6) is 0 Å². The van der Waals surface area contributed by atoms with Crippen molar-refractivity contribution in [2.45, 2.75) is 44.2 Å². The van der Waals surface area contributed by atoms with Crippen LogP contribution in [-0.2, 0) is 0 Å². The van der Waals surface area contributed by atoms with E-state index in [1.165, 1.54) is 25.7 Å². The molecule has 0 atom stereocenters. The lowest BCUT2D eigenvalue weighted by Crippen LogP contribution is -2.60. The van der Waals surface area contributed by atoms with Crippen molar-refractivity contribution in [2.75, 3.05) is 13.6 Å². The van der Waals surface area contributed by atoms with Crippen LogP contribution in [0.25, 0.3) is 0 Å². The quantitative estimate of drug-likeness (QED) is 0.686. The molecular weight excluding hydrogens is 148 g/mol. The maximum atomic E-state index is 5.86. The number of rotatable bonds is 3. The fourth-order valence-corrected chi connectivity index (χ4v) is 2.69. The first-order valence-corrected chi connectivity index (χ1v) is 5.11. The second-order valence-electron chi connectivity index (χ2n) is 4.78. The van der Waals surface area contributed by atoms with Crippen LogP contribution in [0.1, 0.15) is 32.6 Å². The minimum Gasteiger partial charge on any atom is -0.329 e. The first kappa shape index (κ1) is 8.52. The van der Waals surface area contributed by atoms with Gasteiger partial charge in [-0.25, -0.2) is 0 Å². The molecule has 2 N–H and O–H groups in total. The van der Waals surface area contributed by atoms with Crippen LogP contribution in [-0.4, -0.2) is 30.1 Å². The topological polar surface area (TPSA) is 29.3 Å². The van der Waals surface area contributed by atoms with E-state index in [4.69, 9.17) is 5.73 Å². The standard InChI is InChI=1S/C10H20N2/c1-8-5-10(6-8,7-11)12(2)9-3-4-9/h8-9H,3-7,11H2,1-2H3. The molecule has 2 rings (SSSR count). The summed E-state index contributed by atoms with van der Waals surface area (Å²) >= 11 is 0. The molecule has 0 aromatic carbocycles. The summed E-state index contributed by atoms with van der Waals surface area (Å²) in [4.78, 5) is 2.55. The van der Waals surface area contributed by atoms with Crippen molar-refractivity contribution >= 4 is 0 Å². The Morgan fingerprint density at radius 1 is 1.42 bits per heavy atom. The maximum Gasteiger partial charge on any atom is 0.0336 e. The number of likely N-dealkylation sites (N-methyl/N-ethyl adjacent to an activating group) is 1. The van der Waals surface area contributed by atoms with Crippen LogP contribution in [0.3, 0.4) is 0 Å². The number of hydrogen-bond acceptors (Lipinski definition) is 2. The van der Waals surface area contributed by atoms with Gasteiger partial charge in [0.2, 0.25) is 0 Å². The van der Waals surface area contributed by atoms with E-state index in [1.54, 1.807) is 0 Å². The second-order valence-corrected chi connectivity index (χ2v) is 4.78. The fourth-order valence-electron chi connectivity index (χ4n) is 2.69. The van der Waals surface area contributed by atoms with Gasteiger partial charge in [-0.15, -0.1) is 0 Å². The van der Waals surface area contributed by atoms with E-state index in [0.717, 1.165) is 18.5 Å². The molecule has 0 saturated heterocycles. The lowest BCUT2D eigenvalue weighted by Gasteiger charge is -2.52. The van der Waals surface area contributed by atoms with Gasteiger partial charge < -0.3 is 5.73 Å². The molecule has 0 aliphatic heterocycles. The summed E-state index contributed by atoms with van der Waals surface area (Å²) in [6.07, 6.45) is 5.42. The van der Waals surface area contributed by atoms with Gasteiger partial charge in [-0.3, -0.25) is 4.90 Å². The van der Waals surface area contributed by atoms with Gasteiger partial charge in [-0.05, 0) is 38.6 Å². The molecular formula is C10H20N2. The van der Waals surface area contributed by atoms with E-state index in [2.05, 4.69) is 18.9 Å². The monoisotopic (exact) mass is 168 g/mol. The zero-order chi connectivity index (χ0) is 8.77. The maximum absolute atomic E-state index is 5.86. The van der Waals surface area contributed by atoms with Crippen molar-refractivity contribution in [3.05, 3.63) is 0 Å². The molecule has 2 aliphatic carbocycles. The van der Waals surface area contributed by atoms with E-state index < -0.39 is 0 Å². The molecule has 0 aromatic heterocycles. The van der Waals surface area contributed by atoms with Gasteiger partial charge in [0.15, 0.2) is 0 Å². The minimum atomic E-state index is 0.389. The van der Waals surface area contributed by atoms with Gasteiger partial charge in [0.1, 0.15) is 0 Å². The van der Waals surface area contributed by atoms with E-state index in [-0.39, 0.29) is 0 Å². The normalized spacial score (nSPS) is 41.5. The predicted octanol–water partition coefficient (Wildman–Crippen LogP) is 1.21. The molecule has 2 saturated carbocycles. The average Bonchev–Trinajstić information content (AvgIpc) is 2.79. The van der Waals surface area contributed by atoms with Gasteiger partial charge in [-0.2, -0.15) is 0 Å². The van der Waals surface area contributed by atoms with E-state index in [1.807, 2.05) is 0 Å². The smallest absolute Gasteiger partial charge is 0.0336 e. The van der Waals surface area contributed by atoms with Crippen LogP contribution < -0.4 is 5.73 Å². The summed E-state index contributed by atoms with van der Waals surface area (Å²) in [6.45, 7) is 3.18. The Morgan fingerprint density at radius 2 is 2.00 bits per heavy atom. The lowest BCUT2D eigenvalue weighted by atomic mass is 9.68. The van der Waals surface area contributed by atoms with Gasteiger partial charge in [0.25, 0.3) is 0 Å². The molecule has 0 heterocycles. The highest BCUT2D eigenvalue weighted by atomic mass is 15.2. The van der Waals surface area contributed by atoms with Gasteiger partial charge in [0.05, 0.1) is 0 Å². The number of nitrogens with zero attached hydrogens (tertiary/aromatic N) is 1. The number of nitrogens with two attached hydrogens (primary N) is 1. The van der Waals surface area contributed by atoms with Crippen LogP contribution in [0.4, 0.5) is 0 Å². The summed E-state index contributed by atoms with van der Waals surface area (Å²) in [5.41, 5.74) is 6.25. The third-order valence-corrected chi connectivity index (χ3v) is 3.68. The Bertz CT molecular complexity index is 169. The predicted molar refractivity (Wildman–Crippen MR) is 51.0 cm³/mol. The third kappa shape index (κ3) is 1.17. The molecule has 0 aromatic rings. The van der Waals surface area contributed by atoms with Crippen LogP contribution in [0.15, 0.2) is 0 Å². The zero-order valence-corrected chi connectivity index (χ0v) is 8.21. The second kappa shape index (κ2) is 2.71. The molecule has 70 valence electrons. The Hall–Kier alpha value is -0.0800. The summed E-state index contributed by atoms with van der Waals surface area (Å²) in [5.74, 6) is 0.898. The third-order valence-electron chi connectivity index (χ3n) is 3.68. The Balaban J connectivity index is 1.97. The molecule has 0 radical (unpaired) electrons.